The van der Waals surface area contributed by atoms with Crippen molar-refractivity contribution in [3.63, 3.8) is 0 Å². The van der Waals surface area contributed by atoms with E-state index in [1.54, 1.807) is 24.3 Å². The molecule has 0 aliphatic rings. The van der Waals surface area contributed by atoms with Gasteiger partial charge in [0.15, 0.2) is 12.4 Å². The summed E-state index contributed by atoms with van der Waals surface area (Å²) in [5, 5.41) is 0.585. The SMILES string of the molecule is O=C(COc1cccc(Cl)c1)c1ccc(-c2ccccc2)cc1. The second-order valence-corrected chi connectivity index (χ2v) is 5.55. The number of hydrogen-bond acceptors (Lipinski definition) is 2. The summed E-state index contributed by atoms with van der Waals surface area (Å²) in [5.74, 6) is 0.524. The molecule has 0 bridgehead atoms. The van der Waals surface area contributed by atoms with Crippen LogP contribution in [0.15, 0.2) is 78.9 Å². The van der Waals surface area contributed by atoms with Crippen LogP contribution >= 0.6 is 11.6 Å². The van der Waals surface area contributed by atoms with Gasteiger partial charge in [-0.2, -0.15) is 0 Å². The van der Waals surface area contributed by atoms with E-state index in [1.807, 2.05) is 54.6 Å². The van der Waals surface area contributed by atoms with Gasteiger partial charge in [0.25, 0.3) is 0 Å². The first-order chi connectivity index (χ1) is 11.2. The summed E-state index contributed by atoms with van der Waals surface area (Å²) >= 11 is 5.89. The molecule has 0 aromatic heterocycles. The highest BCUT2D eigenvalue weighted by Crippen LogP contribution is 2.20. The summed E-state index contributed by atoms with van der Waals surface area (Å²) in [5.41, 5.74) is 2.84. The molecule has 23 heavy (non-hydrogen) atoms. The topological polar surface area (TPSA) is 26.3 Å². The van der Waals surface area contributed by atoms with Crippen molar-refractivity contribution in [2.75, 3.05) is 6.61 Å². The molecule has 0 heterocycles. The number of benzene rings is 3. The molecule has 0 aliphatic heterocycles. The van der Waals surface area contributed by atoms with Gasteiger partial charge in [0.1, 0.15) is 5.75 Å². The second-order valence-electron chi connectivity index (χ2n) is 5.11. The minimum absolute atomic E-state index is 0.00890. The fourth-order valence-electron chi connectivity index (χ4n) is 2.27. The van der Waals surface area contributed by atoms with E-state index >= 15 is 0 Å². The molecule has 0 N–H and O–H groups in total. The lowest BCUT2D eigenvalue weighted by Gasteiger charge is -2.07. The van der Waals surface area contributed by atoms with Crippen molar-refractivity contribution in [3.05, 3.63) is 89.4 Å². The number of carbonyl (C=O) groups is 1. The molecule has 3 heteroatoms. The quantitative estimate of drug-likeness (QED) is 0.598. The van der Waals surface area contributed by atoms with Crippen LogP contribution < -0.4 is 4.74 Å². The van der Waals surface area contributed by atoms with Crippen LogP contribution in [0.4, 0.5) is 0 Å². The smallest absolute Gasteiger partial charge is 0.200 e. The molecule has 0 spiro atoms. The van der Waals surface area contributed by atoms with Gasteiger partial charge in [-0.3, -0.25) is 4.79 Å². The van der Waals surface area contributed by atoms with Crippen molar-refractivity contribution in [1.29, 1.82) is 0 Å². The number of hydrogen-bond donors (Lipinski definition) is 0. The van der Waals surface area contributed by atoms with Crippen LogP contribution in [0.3, 0.4) is 0 Å². The maximum Gasteiger partial charge on any atom is 0.200 e. The van der Waals surface area contributed by atoms with E-state index < -0.39 is 0 Å². The molecule has 114 valence electrons. The van der Waals surface area contributed by atoms with Crippen LogP contribution in [-0.2, 0) is 0 Å². The van der Waals surface area contributed by atoms with Gasteiger partial charge in [0.2, 0.25) is 0 Å². The molecular weight excluding hydrogens is 308 g/mol. The van der Waals surface area contributed by atoms with Crippen molar-refractivity contribution in [3.8, 4) is 16.9 Å². The average molecular weight is 323 g/mol. The van der Waals surface area contributed by atoms with Gasteiger partial charge in [-0.1, -0.05) is 72.3 Å². The standard InChI is InChI=1S/C20H15ClO2/c21-18-7-4-8-19(13-18)23-14-20(22)17-11-9-16(10-12-17)15-5-2-1-3-6-15/h1-13H,14H2. The van der Waals surface area contributed by atoms with Crippen LogP contribution in [0, 0.1) is 0 Å². The van der Waals surface area contributed by atoms with Gasteiger partial charge >= 0.3 is 0 Å². The highest BCUT2D eigenvalue weighted by molar-refractivity contribution is 6.30. The van der Waals surface area contributed by atoms with Crippen LogP contribution in [-0.4, -0.2) is 12.4 Å². The lowest BCUT2D eigenvalue weighted by molar-refractivity contribution is 0.0921. The van der Waals surface area contributed by atoms with Crippen molar-refractivity contribution in [2.24, 2.45) is 0 Å². The van der Waals surface area contributed by atoms with Crippen molar-refractivity contribution >= 4 is 17.4 Å². The van der Waals surface area contributed by atoms with Gasteiger partial charge in [-0.05, 0) is 29.3 Å². The summed E-state index contributed by atoms with van der Waals surface area (Å²) in [6.07, 6.45) is 0. The zero-order valence-corrected chi connectivity index (χ0v) is 13.2. The minimum atomic E-state index is -0.0652. The lowest BCUT2D eigenvalue weighted by atomic mass is 10.0. The van der Waals surface area contributed by atoms with Gasteiger partial charge in [-0.15, -0.1) is 0 Å². The Labute approximate surface area is 140 Å². The van der Waals surface area contributed by atoms with Crippen LogP contribution in [0.5, 0.6) is 5.75 Å². The first-order valence-electron chi connectivity index (χ1n) is 7.29. The molecule has 0 fully saturated rings. The number of rotatable bonds is 5. The molecule has 0 radical (unpaired) electrons. The van der Waals surface area contributed by atoms with E-state index in [0.29, 0.717) is 16.3 Å². The second kappa shape index (κ2) is 7.12. The Hall–Kier alpha value is -2.58. The Kier molecular flexibility index (Phi) is 4.74. The van der Waals surface area contributed by atoms with Gasteiger partial charge in [0, 0.05) is 10.6 Å². The first-order valence-corrected chi connectivity index (χ1v) is 7.67. The van der Waals surface area contributed by atoms with E-state index in [4.69, 9.17) is 16.3 Å². The van der Waals surface area contributed by atoms with Gasteiger partial charge < -0.3 is 4.74 Å². The zero-order chi connectivity index (χ0) is 16.1. The molecule has 0 saturated carbocycles. The van der Waals surface area contributed by atoms with Crippen molar-refractivity contribution in [1.82, 2.24) is 0 Å². The van der Waals surface area contributed by atoms with Gasteiger partial charge in [-0.25, -0.2) is 0 Å². The summed E-state index contributed by atoms with van der Waals surface area (Å²) < 4.78 is 5.48. The summed E-state index contributed by atoms with van der Waals surface area (Å²) in [4.78, 5) is 12.2. The molecule has 0 aliphatic carbocycles. The van der Waals surface area contributed by atoms with E-state index in [9.17, 15) is 4.79 Å². The third-order valence-corrected chi connectivity index (χ3v) is 3.72. The monoisotopic (exact) mass is 322 g/mol. The molecule has 2 nitrogen and oxygen atoms in total. The van der Waals surface area contributed by atoms with E-state index in [0.717, 1.165) is 11.1 Å². The number of carbonyl (C=O) groups excluding carboxylic acids is 1. The first kappa shape index (κ1) is 15.3. The fraction of sp³-hybridized carbons (Fsp3) is 0.0500. The number of ketones is 1. The Morgan fingerprint density at radius 2 is 1.52 bits per heavy atom. The third-order valence-electron chi connectivity index (χ3n) is 3.48. The molecule has 0 amide bonds. The maximum absolute atomic E-state index is 12.2. The average Bonchev–Trinajstić information content (AvgIpc) is 2.61. The largest absolute Gasteiger partial charge is 0.485 e. The highest BCUT2D eigenvalue weighted by atomic mass is 35.5. The zero-order valence-electron chi connectivity index (χ0n) is 12.4. The third kappa shape index (κ3) is 3.99. The van der Waals surface area contributed by atoms with E-state index in [-0.39, 0.29) is 12.4 Å². The molecule has 0 atom stereocenters. The maximum atomic E-state index is 12.2. The Bertz CT molecular complexity index is 795. The molecule has 0 saturated heterocycles. The minimum Gasteiger partial charge on any atom is -0.485 e. The van der Waals surface area contributed by atoms with E-state index in [2.05, 4.69) is 0 Å². The number of ether oxygens (including phenoxy) is 1. The van der Waals surface area contributed by atoms with Crippen LogP contribution in [0.2, 0.25) is 5.02 Å². The fourth-order valence-corrected chi connectivity index (χ4v) is 2.45. The molecular formula is C20H15ClO2. The summed E-state index contributed by atoms with van der Waals surface area (Å²) in [6.45, 7) is -0.00890. The predicted octanol–water partition coefficient (Wildman–Crippen LogP) is 5.27. The Morgan fingerprint density at radius 3 is 2.22 bits per heavy atom. The highest BCUT2D eigenvalue weighted by Gasteiger charge is 2.07. The molecule has 0 unspecified atom stereocenters. The molecule has 3 rings (SSSR count). The lowest BCUT2D eigenvalue weighted by Crippen LogP contribution is -2.11. The molecule has 3 aromatic carbocycles. The van der Waals surface area contributed by atoms with Crippen LogP contribution in [0.1, 0.15) is 10.4 Å². The Morgan fingerprint density at radius 1 is 0.826 bits per heavy atom. The van der Waals surface area contributed by atoms with E-state index in [1.165, 1.54) is 0 Å². The normalized spacial score (nSPS) is 10.3. The predicted molar refractivity (Wildman–Crippen MR) is 93.2 cm³/mol. The number of halogens is 1. The van der Waals surface area contributed by atoms with Crippen molar-refractivity contribution in [2.45, 2.75) is 0 Å². The van der Waals surface area contributed by atoms with Gasteiger partial charge in [0.05, 0.1) is 0 Å². The summed E-state index contributed by atoms with van der Waals surface area (Å²) in [7, 11) is 0. The van der Waals surface area contributed by atoms with Crippen molar-refractivity contribution < 1.29 is 9.53 Å². The van der Waals surface area contributed by atoms with Crippen LogP contribution in [0.25, 0.3) is 11.1 Å². The number of Topliss-reactive ketones (excluding diaryl/α,β-unsaturated/α-hetero) is 1. The Balaban J connectivity index is 1.66. The summed E-state index contributed by atoms with van der Waals surface area (Å²) in [6, 6.07) is 24.6. The molecule has 3 aromatic rings.